The summed E-state index contributed by atoms with van der Waals surface area (Å²) in [5.74, 6) is -0.292. The van der Waals surface area contributed by atoms with Crippen molar-refractivity contribution in [1.29, 1.82) is 0 Å². The van der Waals surface area contributed by atoms with E-state index in [0.717, 1.165) is 11.3 Å². The van der Waals surface area contributed by atoms with Crippen molar-refractivity contribution in [2.45, 2.75) is 37.4 Å². The highest BCUT2D eigenvalue weighted by Gasteiger charge is 2.20. The Bertz CT molecular complexity index is 797. The molecule has 1 atom stereocenters. The number of carbonyl (C=O) groups excluding carboxylic acids is 1. The summed E-state index contributed by atoms with van der Waals surface area (Å²) in [4.78, 5) is 13.2. The number of carbonyl (C=O) groups is 1. The van der Waals surface area contributed by atoms with Crippen LogP contribution in [0.15, 0.2) is 40.6 Å². The zero-order valence-electron chi connectivity index (χ0n) is 13.3. The molecule has 0 saturated carbocycles. The van der Waals surface area contributed by atoms with E-state index < -0.39 is 10.0 Å². The van der Waals surface area contributed by atoms with E-state index in [1.807, 2.05) is 20.8 Å². The van der Waals surface area contributed by atoms with Crippen LogP contribution in [0.5, 0.6) is 0 Å². The number of hydrogen-bond donors (Lipinski definition) is 2. The van der Waals surface area contributed by atoms with Gasteiger partial charge in [0, 0.05) is 10.9 Å². The lowest BCUT2D eigenvalue weighted by atomic mass is 10.1. The van der Waals surface area contributed by atoms with Gasteiger partial charge in [-0.25, -0.2) is 8.42 Å². The summed E-state index contributed by atoms with van der Waals surface area (Å²) in [6, 6.07) is 9.92. The molecule has 0 fully saturated rings. The van der Waals surface area contributed by atoms with E-state index in [-0.39, 0.29) is 21.8 Å². The van der Waals surface area contributed by atoms with Gasteiger partial charge in [0.15, 0.2) is 0 Å². The Balaban J connectivity index is 2.29. The van der Waals surface area contributed by atoms with Crippen LogP contribution in [0.1, 0.15) is 35.5 Å². The lowest BCUT2D eigenvalue weighted by molar-refractivity contribution is 0.0940. The molecule has 2 aromatic rings. The minimum Gasteiger partial charge on any atom is -0.350 e. The first-order valence-electron chi connectivity index (χ1n) is 7.32. The van der Waals surface area contributed by atoms with Crippen LogP contribution < -0.4 is 10.0 Å². The van der Waals surface area contributed by atoms with E-state index >= 15 is 0 Å². The van der Waals surface area contributed by atoms with Gasteiger partial charge in [-0.1, -0.05) is 19.1 Å². The molecule has 1 aromatic heterocycles. The van der Waals surface area contributed by atoms with Crippen molar-refractivity contribution in [1.82, 2.24) is 5.32 Å². The van der Waals surface area contributed by atoms with Crippen LogP contribution in [-0.4, -0.2) is 20.4 Å². The van der Waals surface area contributed by atoms with Crippen LogP contribution in [0.4, 0.5) is 5.69 Å². The first kappa shape index (κ1) is 17.5. The molecule has 1 amide bonds. The van der Waals surface area contributed by atoms with Crippen LogP contribution in [0, 0.1) is 6.92 Å². The summed E-state index contributed by atoms with van der Waals surface area (Å²) in [5.41, 5.74) is 0.587. The van der Waals surface area contributed by atoms with Gasteiger partial charge < -0.3 is 5.32 Å². The van der Waals surface area contributed by atoms with E-state index in [4.69, 9.17) is 0 Å². The lowest BCUT2D eigenvalue weighted by Crippen LogP contribution is -2.32. The maximum Gasteiger partial charge on any atom is 0.271 e. The van der Waals surface area contributed by atoms with E-state index in [2.05, 4.69) is 10.0 Å². The van der Waals surface area contributed by atoms with Crippen molar-refractivity contribution in [3.63, 3.8) is 0 Å². The molecule has 0 bridgehead atoms. The van der Waals surface area contributed by atoms with Crippen LogP contribution >= 0.6 is 11.3 Å². The summed E-state index contributed by atoms with van der Waals surface area (Å²) >= 11 is 1.19. The SMILES string of the molecule is CC[C@H](C)NC(=O)c1ccccc1NS(=O)(=O)c1ccc(C)s1. The molecular weight excluding hydrogens is 332 g/mol. The quantitative estimate of drug-likeness (QED) is 0.837. The number of sulfonamides is 1. The number of thiophene rings is 1. The molecule has 0 radical (unpaired) electrons. The summed E-state index contributed by atoms with van der Waals surface area (Å²) < 4.78 is 27.6. The third-order valence-corrected chi connectivity index (χ3v) is 6.24. The summed E-state index contributed by atoms with van der Waals surface area (Å²) in [6.07, 6.45) is 0.800. The van der Waals surface area contributed by atoms with E-state index in [1.165, 1.54) is 11.3 Å². The maximum atomic E-state index is 12.4. The zero-order valence-corrected chi connectivity index (χ0v) is 14.9. The van der Waals surface area contributed by atoms with E-state index in [1.54, 1.807) is 36.4 Å². The molecule has 0 unspecified atom stereocenters. The summed E-state index contributed by atoms with van der Waals surface area (Å²) in [5, 5.41) is 2.84. The number of rotatable bonds is 6. The maximum absolute atomic E-state index is 12.4. The fourth-order valence-electron chi connectivity index (χ4n) is 1.93. The molecule has 1 aromatic carbocycles. The lowest BCUT2D eigenvalue weighted by Gasteiger charge is -2.15. The fourth-order valence-corrected chi connectivity index (χ4v) is 4.29. The number of nitrogens with one attached hydrogen (secondary N) is 2. The number of anilines is 1. The first-order chi connectivity index (χ1) is 10.8. The number of aryl methyl sites for hydroxylation is 1. The van der Waals surface area contributed by atoms with E-state index in [9.17, 15) is 13.2 Å². The van der Waals surface area contributed by atoms with Gasteiger partial charge >= 0.3 is 0 Å². The molecule has 0 saturated heterocycles. The van der Waals surface area contributed by atoms with Gasteiger partial charge in [-0.3, -0.25) is 9.52 Å². The standard InChI is InChI=1S/C16H20N2O3S2/c1-4-11(2)17-16(19)13-7-5-6-8-14(13)18-23(20,21)15-10-9-12(3)22-15/h5-11,18H,4H2,1-3H3,(H,17,19)/t11-/m0/s1. The second-order valence-electron chi connectivity index (χ2n) is 5.30. The normalized spacial score (nSPS) is 12.7. The Hall–Kier alpha value is -1.86. The second kappa shape index (κ2) is 7.14. The summed E-state index contributed by atoms with van der Waals surface area (Å²) in [6.45, 7) is 5.72. The summed E-state index contributed by atoms with van der Waals surface area (Å²) in [7, 11) is -3.69. The number of hydrogen-bond acceptors (Lipinski definition) is 4. The molecule has 0 aliphatic rings. The molecule has 23 heavy (non-hydrogen) atoms. The van der Waals surface area contributed by atoms with Crippen LogP contribution in [-0.2, 0) is 10.0 Å². The smallest absolute Gasteiger partial charge is 0.271 e. The van der Waals surface area contributed by atoms with Gasteiger partial charge in [0.25, 0.3) is 15.9 Å². The molecule has 5 nitrogen and oxygen atoms in total. The highest BCUT2D eigenvalue weighted by Crippen LogP contribution is 2.25. The van der Waals surface area contributed by atoms with Crippen LogP contribution in [0.25, 0.3) is 0 Å². The molecule has 2 rings (SSSR count). The van der Waals surface area contributed by atoms with Gasteiger partial charge in [0.05, 0.1) is 11.3 Å². The predicted molar refractivity (Wildman–Crippen MR) is 93.5 cm³/mol. The molecule has 0 spiro atoms. The van der Waals surface area contributed by atoms with Gasteiger partial charge in [-0.15, -0.1) is 11.3 Å². The van der Waals surface area contributed by atoms with Gasteiger partial charge in [-0.2, -0.15) is 0 Å². The predicted octanol–water partition coefficient (Wildman–Crippen LogP) is 3.39. The first-order valence-corrected chi connectivity index (χ1v) is 9.62. The molecule has 0 aliphatic heterocycles. The Morgan fingerprint density at radius 2 is 1.91 bits per heavy atom. The monoisotopic (exact) mass is 352 g/mol. The van der Waals surface area contributed by atoms with Crippen molar-refractivity contribution in [3.8, 4) is 0 Å². The molecule has 124 valence electrons. The Morgan fingerprint density at radius 1 is 1.22 bits per heavy atom. The topological polar surface area (TPSA) is 75.3 Å². The molecule has 2 N–H and O–H groups in total. The van der Waals surface area contributed by atoms with Crippen molar-refractivity contribution < 1.29 is 13.2 Å². The molecular formula is C16H20N2O3S2. The van der Waals surface area contributed by atoms with Crippen molar-refractivity contribution in [2.24, 2.45) is 0 Å². The highest BCUT2D eigenvalue weighted by molar-refractivity contribution is 7.94. The molecule has 1 heterocycles. The third-order valence-electron chi connectivity index (χ3n) is 3.39. The number of para-hydroxylation sites is 1. The number of benzene rings is 1. The molecule has 0 aliphatic carbocycles. The minimum atomic E-state index is -3.69. The van der Waals surface area contributed by atoms with Gasteiger partial charge in [0.1, 0.15) is 4.21 Å². The largest absolute Gasteiger partial charge is 0.350 e. The van der Waals surface area contributed by atoms with Gasteiger partial charge in [-0.05, 0) is 44.5 Å². The van der Waals surface area contributed by atoms with Crippen molar-refractivity contribution in [2.75, 3.05) is 4.72 Å². The van der Waals surface area contributed by atoms with Crippen LogP contribution in [0.2, 0.25) is 0 Å². The fraction of sp³-hybridized carbons (Fsp3) is 0.312. The Morgan fingerprint density at radius 3 is 2.52 bits per heavy atom. The Labute approximate surface area is 140 Å². The van der Waals surface area contributed by atoms with Crippen LogP contribution in [0.3, 0.4) is 0 Å². The Kier molecular flexibility index (Phi) is 5.43. The minimum absolute atomic E-state index is 0.0205. The van der Waals surface area contributed by atoms with E-state index in [0.29, 0.717) is 5.56 Å². The average molecular weight is 352 g/mol. The number of amides is 1. The third kappa shape index (κ3) is 4.33. The zero-order chi connectivity index (χ0) is 17.0. The molecule has 7 heteroatoms. The second-order valence-corrected chi connectivity index (χ2v) is 8.50. The highest BCUT2D eigenvalue weighted by atomic mass is 32.2. The average Bonchev–Trinajstić information content (AvgIpc) is 2.94. The van der Waals surface area contributed by atoms with Crippen molar-refractivity contribution in [3.05, 3.63) is 46.8 Å². The van der Waals surface area contributed by atoms with Crippen molar-refractivity contribution >= 4 is 33.0 Å². The van der Waals surface area contributed by atoms with Gasteiger partial charge in [0.2, 0.25) is 0 Å².